The first kappa shape index (κ1) is 15.3. The van der Waals surface area contributed by atoms with Crippen molar-refractivity contribution in [2.45, 2.75) is 0 Å². The highest BCUT2D eigenvalue weighted by Crippen LogP contribution is 2.25. The lowest BCUT2D eigenvalue weighted by Crippen LogP contribution is -1.99. The Labute approximate surface area is 95.0 Å². The third kappa shape index (κ3) is 8.12. The van der Waals surface area contributed by atoms with E-state index in [0.29, 0.717) is 0 Å². The summed E-state index contributed by atoms with van der Waals surface area (Å²) in [7, 11) is -4.64. The molecule has 0 radical (unpaired) electrons. The van der Waals surface area contributed by atoms with Gasteiger partial charge >= 0.3 is 19.8 Å². The molecule has 0 unspecified atom stereocenters. The third-order valence-corrected chi connectivity index (χ3v) is 1.38. The summed E-state index contributed by atoms with van der Waals surface area (Å²) in [5.74, 6) is -2.13. The molecule has 0 aliphatic rings. The van der Waals surface area contributed by atoms with E-state index in [2.05, 4.69) is 0 Å². The first-order valence-electron chi connectivity index (χ1n) is 3.96. The van der Waals surface area contributed by atoms with Crippen molar-refractivity contribution in [2.75, 3.05) is 0 Å². The van der Waals surface area contributed by atoms with Crippen molar-refractivity contribution in [3.63, 3.8) is 0 Å². The number of carboxylic acids is 2. The van der Waals surface area contributed by atoms with Crippen molar-refractivity contribution in [1.29, 1.82) is 0 Å². The van der Waals surface area contributed by atoms with Crippen molar-refractivity contribution < 1.29 is 39.0 Å². The van der Waals surface area contributed by atoms with Gasteiger partial charge in [-0.2, -0.15) is 0 Å². The minimum Gasteiger partial charge on any atom is -0.478 e. The first-order chi connectivity index (χ1) is 7.61. The van der Waals surface area contributed by atoms with E-state index < -0.39 is 19.8 Å². The maximum atomic E-state index is 10.3. The summed E-state index contributed by atoms with van der Waals surface area (Å²) < 4.78 is 8.88. The van der Waals surface area contributed by atoms with Crippen LogP contribution in [0.4, 0.5) is 0 Å². The number of phosphoric acid groups is 1. The third-order valence-electron chi connectivity index (χ3n) is 1.38. The zero-order valence-electron chi connectivity index (χ0n) is 8.22. The van der Waals surface area contributed by atoms with Gasteiger partial charge in [-0.3, -0.25) is 0 Å². The molecule has 0 saturated carbocycles. The van der Waals surface area contributed by atoms with Crippen LogP contribution in [0.25, 0.3) is 0 Å². The van der Waals surface area contributed by atoms with Gasteiger partial charge < -0.3 is 24.9 Å². The van der Waals surface area contributed by atoms with Crippen LogP contribution >= 0.6 is 7.82 Å². The van der Waals surface area contributed by atoms with Crippen molar-refractivity contribution in [3.05, 3.63) is 35.4 Å². The zero-order chi connectivity index (χ0) is 13.6. The van der Waals surface area contributed by atoms with Crippen LogP contribution in [0, 0.1) is 0 Å². The van der Waals surface area contributed by atoms with Crippen LogP contribution in [-0.4, -0.2) is 36.8 Å². The Morgan fingerprint density at radius 3 is 1.12 bits per heavy atom. The monoisotopic (exact) mass is 264 g/mol. The fourth-order valence-corrected chi connectivity index (χ4v) is 0.755. The Kier molecular flexibility index (Phi) is 5.49. The van der Waals surface area contributed by atoms with Crippen LogP contribution in [0.2, 0.25) is 0 Å². The molecule has 0 aromatic heterocycles. The summed E-state index contributed by atoms with van der Waals surface area (Å²) in [6, 6.07) is 5.02. The summed E-state index contributed by atoms with van der Waals surface area (Å²) in [4.78, 5) is 42.2. The molecule has 0 amide bonds. The van der Waals surface area contributed by atoms with Gasteiger partial charge in [-0.05, 0) is 24.3 Å². The summed E-state index contributed by atoms with van der Waals surface area (Å²) in [5.41, 5.74) is 0.167. The van der Waals surface area contributed by atoms with Gasteiger partial charge in [-0.1, -0.05) is 0 Å². The van der Waals surface area contributed by atoms with Crippen LogP contribution < -0.4 is 0 Å². The normalized spacial score (nSPS) is 10.1. The lowest BCUT2D eigenvalue weighted by Gasteiger charge is -1.94. The predicted molar refractivity (Wildman–Crippen MR) is 54.6 cm³/mol. The number of benzene rings is 1. The quantitative estimate of drug-likeness (QED) is 0.473. The van der Waals surface area contributed by atoms with Crippen LogP contribution in [0.1, 0.15) is 20.7 Å². The van der Waals surface area contributed by atoms with E-state index in [4.69, 9.17) is 29.5 Å². The van der Waals surface area contributed by atoms with E-state index in [1.807, 2.05) is 0 Å². The van der Waals surface area contributed by atoms with Gasteiger partial charge in [0.25, 0.3) is 0 Å². The highest BCUT2D eigenvalue weighted by atomic mass is 31.2. The number of hydrogen-bond acceptors (Lipinski definition) is 3. The van der Waals surface area contributed by atoms with Crippen LogP contribution in [0.15, 0.2) is 24.3 Å². The number of carbonyl (C=O) groups is 2. The molecule has 0 aliphatic carbocycles. The van der Waals surface area contributed by atoms with E-state index in [1.54, 1.807) is 0 Å². The molecule has 0 saturated heterocycles. The minimum absolute atomic E-state index is 0.0833. The largest absolute Gasteiger partial charge is 0.478 e. The number of rotatable bonds is 2. The molecule has 1 rings (SSSR count). The standard InChI is InChI=1S/C8H6O4.H3O4P/c9-7(10)5-1-2-6(4-3-5)8(11)12;1-5(2,3)4/h1-4H,(H,9,10)(H,11,12);(H3,1,2,3,4). The van der Waals surface area contributed by atoms with E-state index >= 15 is 0 Å². The van der Waals surface area contributed by atoms with Gasteiger partial charge in [0, 0.05) is 0 Å². The van der Waals surface area contributed by atoms with Gasteiger partial charge in [-0.25, -0.2) is 14.2 Å². The molecule has 0 bridgehead atoms. The predicted octanol–water partition coefficient (Wildman–Crippen LogP) is 0.154. The molecular formula is C8H9O8P. The van der Waals surface area contributed by atoms with Gasteiger partial charge in [0.2, 0.25) is 0 Å². The average Bonchev–Trinajstić information content (AvgIpc) is 2.15. The van der Waals surface area contributed by atoms with Crippen molar-refractivity contribution in [3.8, 4) is 0 Å². The van der Waals surface area contributed by atoms with Crippen molar-refractivity contribution in [2.24, 2.45) is 0 Å². The van der Waals surface area contributed by atoms with Crippen molar-refractivity contribution >= 4 is 19.8 Å². The lowest BCUT2D eigenvalue weighted by molar-refractivity contribution is 0.0681. The van der Waals surface area contributed by atoms with Crippen LogP contribution in [0.3, 0.4) is 0 Å². The Hall–Kier alpha value is -1.73. The second-order valence-corrected chi connectivity index (χ2v) is 3.73. The molecule has 1 aromatic rings. The highest BCUT2D eigenvalue weighted by molar-refractivity contribution is 7.45. The van der Waals surface area contributed by atoms with Gasteiger partial charge in [-0.15, -0.1) is 0 Å². The Bertz CT molecular complexity index is 404. The Morgan fingerprint density at radius 2 is 1.00 bits per heavy atom. The number of hydrogen-bond donors (Lipinski definition) is 5. The summed E-state index contributed by atoms with van der Waals surface area (Å²) in [5, 5.41) is 16.9. The SMILES string of the molecule is O=C(O)c1ccc(C(=O)O)cc1.O=P(O)(O)O. The molecule has 8 nitrogen and oxygen atoms in total. The fourth-order valence-electron chi connectivity index (χ4n) is 0.755. The summed E-state index contributed by atoms with van der Waals surface area (Å²) in [6.45, 7) is 0. The minimum atomic E-state index is -4.64. The summed E-state index contributed by atoms with van der Waals surface area (Å²) in [6.07, 6.45) is 0. The Morgan fingerprint density at radius 1 is 0.824 bits per heavy atom. The van der Waals surface area contributed by atoms with Gasteiger partial charge in [0.05, 0.1) is 11.1 Å². The zero-order valence-corrected chi connectivity index (χ0v) is 9.11. The topological polar surface area (TPSA) is 152 Å². The molecule has 0 heterocycles. The Balaban J connectivity index is 0.000000437. The second kappa shape index (κ2) is 6.12. The molecule has 0 spiro atoms. The molecular weight excluding hydrogens is 255 g/mol. The average molecular weight is 264 g/mol. The summed E-state index contributed by atoms with van der Waals surface area (Å²) >= 11 is 0. The van der Waals surface area contributed by atoms with Crippen LogP contribution in [-0.2, 0) is 4.57 Å². The molecule has 0 atom stereocenters. The molecule has 0 aliphatic heterocycles. The number of aromatic carboxylic acids is 2. The van der Waals surface area contributed by atoms with Crippen LogP contribution in [0.5, 0.6) is 0 Å². The maximum absolute atomic E-state index is 10.3. The smallest absolute Gasteiger partial charge is 0.466 e. The van der Waals surface area contributed by atoms with E-state index in [9.17, 15) is 9.59 Å². The van der Waals surface area contributed by atoms with E-state index in [0.717, 1.165) is 0 Å². The van der Waals surface area contributed by atoms with Crippen molar-refractivity contribution in [1.82, 2.24) is 0 Å². The molecule has 0 fully saturated rings. The molecule has 9 heteroatoms. The van der Waals surface area contributed by atoms with Gasteiger partial charge in [0.1, 0.15) is 0 Å². The fraction of sp³-hybridized carbons (Fsp3) is 0. The van der Waals surface area contributed by atoms with E-state index in [-0.39, 0.29) is 11.1 Å². The highest BCUT2D eigenvalue weighted by Gasteiger charge is 2.04. The molecule has 1 aromatic carbocycles. The van der Waals surface area contributed by atoms with E-state index in [1.165, 1.54) is 24.3 Å². The second-order valence-electron chi connectivity index (χ2n) is 2.70. The molecule has 5 N–H and O–H groups in total. The number of carboxylic acid groups (broad SMARTS) is 2. The first-order valence-corrected chi connectivity index (χ1v) is 5.52. The van der Waals surface area contributed by atoms with Gasteiger partial charge in [0.15, 0.2) is 0 Å². The molecule has 94 valence electrons. The lowest BCUT2D eigenvalue weighted by atomic mass is 10.1. The maximum Gasteiger partial charge on any atom is 0.466 e. The molecule has 17 heavy (non-hydrogen) atoms.